The number of aliphatic hydroxyl groups is 1. The standard InChI is InChI=1S/C14H16OS2/c1-10-3-5-12(6-4-10)17-9-13(15)14-11(2)7-8-16-14/h3-8,13,15H,9H2,1-2H3. The van der Waals surface area contributed by atoms with Crippen LogP contribution in [0.15, 0.2) is 40.6 Å². The lowest BCUT2D eigenvalue weighted by Gasteiger charge is -2.09. The predicted molar refractivity (Wildman–Crippen MR) is 75.9 cm³/mol. The summed E-state index contributed by atoms with van der Waals surface area (Å²) in [5.74, 6) is 0.713. The molecule has 1 nitrogen and oxygen atoms in total. The third-order valence-electron chi connectivity index (χ3n) is 2.63. The average molecular weight is 264 g/mol. The van der Waals surface area contributed by atoms with Crippen LogP contribution in [0.3, 0.4) is 0 Å². The van der Waals surface area contributed by atoms with Crippen LogP contribution in [0.2, 0.25) is 0 Å². The highest BCUT2D eigenvalue weighted by atomic mass is 32.2. The molecule has 0 radical (unpaired) electrons. The number of aliphatic hydroxyl groups excluding tert-OH is 1. The first-order valence-corrected chi connectivity index (χ1v) is 7.45. The van der Waals surface area contributed by atoms with E-state index in [4.69, 9.17) is 0 Å². The minimum atomic E-state index is -0.360. The largest absolute Gasteiger partial charge is 0.387 e. The Morgan fingerprint density at radius 2 is 1.88 bits per heavy atom. The second kappa shape index (κ2) is 5.71. The van der Waals surface area contributed by atoms with E-state index in [1.54, 1.807) is 23.1 Å². The highest BCUT2D eigenvalue weighted by Crippen LogP contribution is 2.29. The van der Waals surface area contributed by atoms with Crippen LogP contribution in [-0.2, 0) is 0 Å². The molecule has 1 unspecified atom stereocenters. The Hall–Kier alpha value is -0.770. The molecule has 0 bridgehead atoms. The maximum atomic E-state index is 10.1. The third-order valence-corrected chi connectivity index (χ3v) is 4.84. The van der Waals surface area contributed by atoms with Gasteiger partial charge in [-0.15, -0.1) is 23.1 Å². The maximum Gasteiger partial charge on any atom is 0.0978 e. The molecular formula is C14H16OS2. The van der Waals surface area contributed by atoms with E-state index in [-0.39, 0.29) is 6.10 Å². The van der Waals surface area contributed by atoms with Gasteiger partial charge in [0.25, 0.3) is 0 Å². The van der Waals surface area contributed by atoms with E-state index in [1.807, 2.05) is 12.3 Å². The van der Waals surface area contributed by atoms with Gasteiger partial charge >= 0.3 is 0 Å². The zero-order chi connectivity index (χ0) is 12.3. The van der Waals surface area contributed by atoms with Crippen LogP contribution in [0.25, 0.3) is 0 Å². The molecule has 1 aromatic heterocycles. The van der Waals surface area contributed by atoms with Crippen molar-refractivity contribution in [2.45, 2.75) is 24.8 Å². The predicted octanol–water partition coefficient (Wildman–Crippen LogP) is 4.19. The van der Waals surface area contributed by atoms with E-state index in [2.05, 4.69) is 37.3 Å². The van der Waals surface area contributed by atoms with Crippen molar-refractivity contribution in [3.8, 4) is 0 Å². The number of benzene rings is 1. The molecule has 2 rings (SSSR count). The fourth-order valence-electron chi connectivity index (χ4n) is 1.61. The molecule has 0 spiro atoms. The van der Waals surface area contributed by atoms with Gasteiger partial charge in [0.15, 0.2) is 0 Å². The number of hydrogen-bond acceptors (Lipinski definition) is 3. The van der Waals surface area contributed by atoms with Gasteiger partial charge < -0.3 is 5.11 Å². The zero-order valence-corrected chi connectivity index (χ0v) is 11.6. The van der Waals surface area contributed by atoms with Crippen LogP contribution in [0.1, 0.15) is 22.1 Å². The Kier molecular flexibility index (Phi) is 4.26. The van der Waals surface area contributed by atoms with E-state index in [0.29, 0.717) is 5.75 Å². The molecule has 17 heavy (non-hydrogen) atoms. The monoisotopic (exact) mass is 264 g/mol. The molecule has 1 N–H and O–H groups in total. The first kappa shape index (κ1) is 12.7. The second-order valence-corrected chi connectivity index (χ2v) is 6.15. The number of rotatable bonds is 4. The van der Waals surface area contributed by atoms with Crippen molar-refractivity contribution >= 4 is 23.1 Å². The summed E-state index contributed by atoms with van der Waals surface area (Å²) in [4.78, 5) is 2.30. The van der Waals surface area contributed by atoms with Crippen molar-refractivity contribution in [2.75, 3.05) is 5.75 Å². The lowest BCUT2D eigenvalue weighted by molar-refractivity contribution is 0.207. The smallest absolute Gasteiger partial charge is 0.0978 e. The van der Waals surface area contributed by atoms with E-state index in [9.17, 15) is 5.11 Å². The molecule has 90 valence electrons. The zero-order valence-electron chi connectivity index (χ0n) is 10.0. The molecule has 0 saturated carbocycles. The summed E-state index contributed by atoms with van der Waals surface area (Å²) in [5, 5.41) is 12.1. The molecule has 1 heterocycles. The molecule has 1 atom stereocenters. The SMILES string of the molecule is Cc1ccc(SCC(O)c2sccc2C)cc1. The Morgan fingerprint density at radius 3 is 2.47 bits per heavy atom. The molecule has 0 aliphatic rings. The summed E-state index contributed by atoms with van der Waals surface area (Å²) in [6.07, 6.45) is -0.360. The summed E-state index contributed by atoms with van der Waals surface area (Å²) in [6.45, 7) is 4.13. The second-order valence-electron chi connectivity index (χ2n) is 4.11. The first-order chi connectivity index (χ1) is 8.16. The van der Waals surface area contributed by atoms with Gasteiger partial charge in [-0.25, -0.2) is 0 Å². The lowest BCUT2D eigenvalue weighted by atomic mass is 10.2. The number of thioether (sulfide) groups is 1. The summed E-state index contributed by atoms with van der Waals surface area (Å²) >= 11 is 3.33. The average Bonchev–Trinajstić information content (AvgIpc) is 2.74. The molecule has 0 aliphatic heterocycles. The van der Waals surface area contributed by atoms with Crippen LogP contribution < -0.4 is 0 Å². The van der Waals surface area contributed by atoms with Crippen molar-refractivity contribution in [3.63, 3.8) is 0 Å². The van der Waals surface area contributed by atoms with Crippen LogP contribution in [-0.4, -0.2) is 10.9 Å². The van der Waals surface area contributed by atoms with E-state index in [0.717, 1.165) is 4.88 Å². The molecule has 0 saturated heterocycles. The van der Waals surface area contributed by atoms with Crippen molar-refractivity contribution in [1.29, 1.82) is 0 Å². The quantitative estimate of drug-likeness (QED) is 0.836. The van der Waals surface area contributed by atoms with Gasteiger partial charge in [-0.3, -0.25) is 0 Å². The van der Waals surface area contributed by atoms with Crippen molar-refractivity contribution in [3.05, 3.63) is 51.7 Å². The topological polar surface area (TPSA) is 20.2 Å². The number of hydrogen-bond donors (Lipinski definition) is 1. The number of aryl methyl sites for hydroxylation is 2. The molecule has 0 aliphatic carbocycles. The fraction of sp³-hybridized carbons (Fsp3) is 0.286. The molecular weight excluding hydrogens is 248 g/mol. The molecule has 2 aromatic rings. The summed E-state index contributed by atoms with van der Waals surface area (Å²) in [7, 11) is 0. The molecule has 0 amide bonds. The highest BCUT2D eigenvalue weighted by Gasteiger charge is 2.11. The van der Waals surface area contributed by atoms with Crippen LogP contribution in [0, 0.1) is 13.8 Å². The van der Waals surface area contributed by atoms with Crippen molar-refractivity contribution < 1.29 is 5.11 Å². The maximum absolute atomic E-state index is 10.1. The van der Waals surface area contributed by atoms with Gasteiger partial charge in [0.2, 0.25) is 0 Å². The minimum Gasteiger partial charge on any atom is -0.387 e. The lowest BCUT2D eigenvalue weighted by Crippen LogP contribution is -1.99. The van der Waals surface area contributed by atoms with Crippen molar-refractivity contribution in [2.24, 2.45) is 0 Å². The van der Waals surface area contributed by atoms with E-state index >= 15 is 0 Å². The molecule has 1 aromatic carbocycles. The summed E-state index contributed by atoms with van der Waals surface area (Å²) in [5.41, 5.74) is 2.45. The summed E-state index contributed by atoms with van der Waals surface area (Å²) < 4.78 is 0. The van der Waals surface area contributed by atoms with Gasteiger partial charge in [-0.2, -0.15) is 0 Å². The van der Waals surface area contributed by atoms with Crippen LogP contribution in [0.4, 0.5) is 0 Å². The Bertz CT molecular complexity index is 473. The van der Waals surface area contributed by atoms with E-state index < -0.39 is 0 Å². The normalized spacial score (nSPS) is 12.6. The van der Waals surface area contributed by atoms with Crippen molar-refractivity contribution in [1.82, 2.24) is 0 Å². The van der Waals surface area contributed by atoms with Crippen LogP contribution >= 0.6 is 23.1 Å². The Balaban J connectivity index is 1.94. The van der Waals surface area contributed by atoms with Gasteiger partial charge in [0, 0.05) is 15.5 Å². The van der Waals surface area contributed by atoms with Gasteiger partial charge in [-0.1, -0.05) is 17.7 Å². The van der Waals surface area contributed by atoms with Crippen LogP contribution in [0.5, 0.6) is 0 Å². The van der Waals surface area contributed by atoms with E-state index in [1.165, 1.54) is 16.0 Å². The fourth-order valence-corrected chi connectivity index (χ4v) is 3.48. The third kappa shape index (κ3) is 3.35. The number of thiophene rings is 1. The van der Waals surface area contributed by atoms with Gasteiger partial charge in [0.05, 0.1) is 6.10 Å². The summed E-state index contributed by atoms with van der Waals surface area (Å²) in [6, 6.07) is 10.5. The Labute approximate surface area is 111 Å². The molecule has 3 heteroatoms. The molecule has 0 fully saturated rings. The highest BCUT2D eigenvalue weighted by molar-refractivity contribution is 7.99. The van der Waals surface area contributed by atoms with Gasteiger partial charge in [0.1, 0.15) is 0 Å². The Morgan fingerprint density at radius 1 is 1.18 bits per heavy atom. The first-order valence-electron chi connectivity index (χ1n) is 5.58. The van der Waals surface area contributed by atoms with Gasteiger partial charge in [-0.05, 0) is 43.0 Å². The minimum absolute atomic E-state index is 0.360.